The minimum atomic E-state index is -4.07. The maximum absolute atomic E-state index is 13.0. The average molecular weight is 498 g/mol. The summed E-state index contributed by atoms with van der Waals surface area (Å²) in [5, 5.41) is 0. The van der Waals surface area contributed by atoms with Crippen molar-refractivity contribution in [2.75, 3.05) is 11.8 Å². The SMILES string of the molecule is COc1ccc(C(=O)NNC(=O)c2ccc(OC(C)C)cc2)cc1S(=O)(=O)Nc1ccc(C)cc1. The van der Waals surface area contributed by atoms with Crippen molar-refractivity contribution in [3.8, 4) is 11.5 Å². The van der Waals surface area contributed by atoms with Crippen molar-refractivity contribution < 1.29 is 27.5 Å². The molecule has 0 heterocycles. The van der Waals surface area contributed by atoms with E-state index >= 15 is 0 Å². The van der Waals surface area contributed by atoms with Crippen molar-refractivity contribution in [2.24, 2.45) is 0 Å². The van der Waals surface area contributed by atoms with Crippen LogP contribution in [-0.2, 0) is 10.0 Å². The highest BCUT2D eigenvalue weighted by Gasteiger charge is 2.22. The van der Waals surface area contributed by atoms with Crippen LogP contribution in [0.3, 0.4) is 0 Å². The maximum Gasteiger partial charge on any atom is 0.269 e. The minimum Gasteiger partial charge on any atom is -0.495 e. The number of carbonyl (C=O) groups is 2. The van der Waals surface area contributed by atoms with E-state index in [4.69, 9.17) is 9.47 Å². The van der Waals surface area contributed by atoms with E-state index in [1.165, 1.54) is 25.3 Å². The lowest BCUT2D eigenvalue weighted by molar-refractivity contribution is 0.0846. The number of hydrazine groups is 1. The number of benzene rings is 3. The first-order valence-electron chi connectivity index (χ1n) is 10.7. The Balaban J connectivity index is 1.72. The second-order valence-corrected chi connectivity index (χ2v) is 9.59. The molecule has 0 radical (unpaired) electrons. The molecule has 2 amide bonds. The van der Waals surface area contributed by atoms with Crippen molar-refractivity contribution in [2.45, 2.75) is 31.8 Å². The molecule has 0 aliphatic carbocycles. The van der Waals surface area contributed by atoms with Gasteiger partial charge in [-0.1, -0.05) is 17.7 Å². The first-order chi connectivity index (χ1) is 16.6. The first kappa shape index (κ1) is 25.6. The molecular formula is C25H27N3O6S. The van der Waals surface area contributed by atoms with E-state index < -0.39 is 21.8 Å². The Labute approximate surface area is 204 Å². The maximum atomic E-state index is 13.0. The Morgan fingerprint density at radius 2 is 1.40 bits per heavy atom. The molecular weight excluding hydrogens is 470 g/mol. The van der Waals surface area contributed by atoms with Gasteiger partial charge in [-0.25, -0.2) is 8.42 Å². The Morgan fingerprint density at radius 3 is 1.97 bits per heavy atom. The molecule has 0 fully saturated rings. The van der Waals surface area contributed by atoms with Gasteiger partial charge in [-0.15, -0.1) is 0 Å². The molecule has 0 atom stereocenters. The summed E-state index contributed by atoms with van der Waals surface area (Å²) in [4.78, 5) is 24.8. The smallest absolute Gasteiger partial charge is 0.269 e. The summed E-state index contributed by atoms with van der Waals surface area (Å²) < 4.78 is 39.2. The van der Waals surface area contributed by atoms with Crippen LogP contribution in [0.1, 0.15) is 40.1 Å². The van der Waals surface area contributed by atoms with E-state index in [-0.39, 0.29) is 22.3 Å². The van der Waals surface area contributed by atoms with Crippen LogP contribution in [0.15, 0.2) is 71.6 Å². The molecule has 0 saturated carbocycles. The Kier molecular flexibility index (Phi) is 7.98. The second-order valence-electron chi connectivity index (χ2n) is 7.94. The van der Waals surface area contributed by atoms with E-state index in [9.17, 15) is 18.0 Å². The van der Waals surface area contributed by atoms with Crippen LogP contribution in [0.25, 0.3) is 0 Å². The predicted octanol–water partition coefficient (Wildman–Crippen LogP) is 3.67. The number of aryl methyl sites for hydroxylation is 1. The van der Waals surface area contributed by atoms with Crippen LogP contribution in [-0.4, -0.2) is 33.4 Å². The van der Waals surface area contributed by atoms with Crippen LogP contribution >= 0.6 is 0 Å². The van der Waals surface area contributed by atoms with Crippen molar-refractivity contribution in [1.29, 1.82) is 0 Å². The average Bonchev–Trinajstić information content (AvgIpc) is 2.83. The summed E-state index contributed by atoms with van der Waals surface area (Å²) >= 11 is 0. The zero-order valence-corrected chi connectivity index (χ0v) is 20.6. The van der Waals surface area contributed by atoms with E-state index in [0.29, 0.717) is 17.0 Å². The van der Waals surface area contributed by atoms with Gasteiger partial charge in [-0.3, -0.25) is 25.2 Å². The number of amides is 2. The molecule has 0 spiro atoms. The number of nitrogens with one attached hydrogen (secondary N) is 3. The highest BCUT2D eigenvalue weighted by molar-refractivity contribution is 7.92. The van der Waals surface area contributed by atoms with Gasteiger partial charge >= 0.3 is 0 Å². The van der Waals surface area contributed by atoms with Gasteiger partial charge in [0, 0.05) is 16.8 Å². The third-order valence-corrected chi connectivity index (χ3v) is 6.20. The molecule has 0 aliphatic rings. The number of ether oxygens (including phenoxy) is 2. The van der Waals surface area contributed by atoms with Gasteiger partial charge in [0.05, 0.1) is 13.2 Å². The molecule has 3 aromatic carbocycles. The molecule has 184 valence electrons. The zero-order chi connectivity index (χ0) is 25.6. The topological polar surface area (TPSA) is 123 Å². The fourth-order valence-corrected chi connectivity index (χ4v) is 4.33. The van der Waals surface area contributed by atoms with Gasteiger partial charge < -0.3 is 9.47 Å². The molecule has 0 saturated heterocycles. The number of methoxy groups -OCH3 is 1. The third-order valence-electron chi connectivity index (χ3n) is 4.80. The molecule has 10 heteroatoms. The lowest BCUT2D eigenvalue weighted by Gasteiger charge is -2.14. The fourth-order valence-electron chi connectivity index (χ4n) is 3.07. The van der Waals surface area contributed by atoms with Crippen LogP contribution in [0.4, 0.5) is 5.69 Å². The highest BCUT2D eigenvalue weighted by atomic mass is 32.2. The summed E-state index contributed by atoms with van der Waals surface area (Å²) in [6.45, 7) is 5.67. The van der Waals surface area contributed by atoms with E-state index in [0.717, 1.165) is 5.56 Å². The largest absolute Gasteiger partial charge is 0.495 e. The Bertz CT molecular complexity index is 1300. The number of hydrogen-bond donors (Lipinski definition) is 3. The Hall–Kier alpha value is -4.05. The van der Waals surface area contributed by atoms with E-state index in [1.807, 2.05) is 20.8 Å². The monoisotopic (exact) mass is 497 g/mol. The van der Waals surface area contributed by atoms with Crippen LogP contribution in [0.2, 0.25) is 0 Å². The second kappa shape index (κ2) is 10.9. The summed E-state index contributed by atoms with van der Waals surface area (Å²) in [6.07, 6.45) is -0.000688. The number of hydrogen-bond acceptors (Lipinski definition) is 6. The number of sulfonamides is 1. The summed E-state index contributed by atoms with van der Waals surface area (Å²) in [7, 11) is -2.74. The third kappa shape index (κ3) is 6.73. The Morgan fingerprint density at radius 1 is 0.829 bits per heavy atom. The molecule has 3 rings (SSSR count). The van der Waals surface area contributed by atoms with Gasteiger partial charge in [-0.05, 0) is 75.4 Å². The fraction of sp³-hybridized carbons (Fsp3) is 0.200. The summed E-state index contributed by atoms with van der Waals surface area (Å²) in [5.41, 5.74) is 6.26. The lowest BCUT2D eigenvalue weighted by atomic mass is 10.2. The standard InChI is InChI=1S/C25H27N3O6S/c1-16(2)34-21-12-7-18(8-13-21)24(29)26-27-25(30)19-9-14-22(33-4)23(15-19)35(31,32)28-20-10-5-17(3)6-11-20/h5-16,28H,1-4H3,(H,26,29)(H,27,30). The first-order valence-corrected chi connectivity index (χ1v) is 12.2. The predicted molar refractivity (Wildman–Crippen MR) is 132 cm³/mol. The quantitative estimate of drug-likeness (QED) is 0.408. The van der Waals surface area contributed by atoms with Crippen molar-refractivity contribution >= 4 is 27.5 Å². The number of anilines is 1. The minimum absolute atomic E-state index is 0.000688. The normalized spacial score (nSPS) is 11.0. The van der Waals surface area contributed by atoms with Crippen LogP contribution in [0.5, 0.6) is 11.5 Å². The highest BCUT2D eigenvalue weighted by Crippen LogP contribution is 2.27. The van der Waals surface area contributed by atoms with Crippen LogP contribution in [0, 0.1) is 6.92 Å². The summed E-state index contributed by atoms with van der Waals surface area (Å²) in [5.74, 6) is -0.565. The van der Waals surface area contributed by atoms with E-state index in [1.54, 1.807) is 48.5 Å². The van der Waals surface area contributed by atoms with Gasteiger partial charge in [-0.2, -0.15) is 0 Å². The van der Waals surface area contributed by atoms with Gasteiger partial charge in [0.2, 0.25) is 0 Å². The number of rotatable bonds is 8. The zero-order valence-electron chi connectivity index (χ0n) is 19.8. The van der Waals surface area contributed by atoms with Crippen LogP contribution < -0.4 is 25.0 Å². The van der Waals surface area contributed by atoms with Gasteiger partial charge in [0.1, 0.15) is 16.4 Å². The van der Waals surface area contributed by atoms with Gasteiger partial charge in [0.15, 0.2) is 0 Å². The number of carbonyl (C=O) groups excluding carboxylic acids is 2. The molecule has 3 N–H and O–H groups in total. The summed E-state index contributed by atoms with van der Waals surface area (Å²) in [6, 6.07) is 17.2. The molecule has 9 nitrogen and oxygen atoms in total. The van der Waals surface area contributed by atoms with E-state index in [2.05, 4.69) is 15.6 Å². The van der Waals surface area contributed by atoms with Crippen molar-refractivity contribution in [3.05, 3.63) is 83.4 Å². The molecule has 0 aromatic heterocycles. The molecule has 35 heavy (non-hydrogen) atoms. The molecule has 0 aliphatic heterocycles. The lowest BCUT2D eigenvalue weighted by Crippen LogP contribution is -2.41. The van der Waals surface area contributed by atoms with Crippen molar-refractivity contribution in [3.63, 3.8) is 0 Å². The molecule has 3 aromatic rings. The van der Waals surface area contributed by atoms with Crippen molar-refractivity contribution in [1.82, 2.24) is 10.9 Å². The van der Waals surface area contributed by atoms with Gasteiger partial charge in [0.25, 0.3) is 21.8 Å². The molecule has 0 unspecified atom stereocenters. The molecule has 0 bridgehead atoms.